The van der Waals surface area contributed by atoms with Crippen LogP contribution < -0.4 is 5.32 Å². The van der Waals surface area contributed by atoms with E-state index in [1.807, 2.05) is 30.3 Å². The van der Waals surface area contributed by atoms with E-state index in [0.717, 1.165) is 5.56 Å². The van der Waals surface area contributed by atoms with Gasteiger partial charge < -0.3 is 9.88 Å². The minimum Gasteiger partial charge on any atom is -0.351 e. The molecule has 25 heavy (non-hydrogen) atoms. The van der Waals surface area contributed by atoms with Gasteiger partial charge in [0, 0.05) is 13.6 Å². The number of rotatable bonds is 6. The summed E-state index contributed by atoms with van der Waals surface area (Å²) in [6, 6.07) is 16.1. The fourth-order valence-corrected chi connectivity index (χ4v) is 3.04. The summed E-state index contributed by atoms with van der Waals surface area (Å²) in [5.74, 6) is 0.209. The molecule has 5 nitrogen and oxygen atoms in total. The van der Waals surface area contributed by atoms with E-state index in [9.17, 15) is 9.18 Å². The molecular weight excluding hydrogens is 339 g/mol. The van der Waals surface area contributed by atoms with E-state index >= 15 is 0 Å². The van der Waals surface area contributed by atoms with E-state index in [0.29, 0.717) is 23.1 Å². The third-order valence-corrected chi connectivity index (χ3v) is 4.63. The van der Waals surface area contributed by atoms with E-state index in [1.165, 1.54) is 17.8 Å². The van der Waals surface area contributed by atoms with Crippen LogP contribution in [0.25, 0.3) is 11.4 Å². The molecule has 128 valence electrons. The lowest BCUT2D eigenvalue weighted by molar-refractivity contribution is -0.118. The monoisotopic (exact) mass is 356 g/mol. The average Bonchev–Trinajstić information content (AvgIpc) is 3.00. The highest BCUT2D eigenvalue weighted by atomic mass is 32.2. The number of carbonyl (C=O) groups is 1. The number of nitrogens with zero attached hydrogens (tertiary/aromatic N) is 3. The molecule has 0 saturated carbocycles. The van der Waals surface area contributed by atoms with E-state index < -0.39 is 0 Å². The molecule has 0 aliphatic carbocycles. The van der Waals surface area contributed by atoms with Crippen LogP contribution in [0.1, 0.15) is 5.56 Å². The van der Waals surface area contributed by atoms with E-state index in [-0.39, 0.29) is 17.5 Å². The van der Waals surface area contributed by atoms with Crippen LogP contribution in [0, 0.1) is 5.82 Å². The van der Waals surface area contributed by atoms with Gasteiger partial charge in [-0.1, -0.05) is 54.2 Å². The Bertz CT molecular complexity index is 867. The van der Waals surface area contributed by atoms with Gasteiger partial charge in [0.05, 0.1) is 11.3 Å². The molecule has 0 bridgehead atoms. The number of benzene rings is 2. The minimum absolute atomic E-state index is 0.0932. The lowest BCUT2D eigenvalue weighted by Crippen LogP contribution is -2.24. The summed E-state index contributed by atoms with van der Waals surface area (Å²) in [7, 11) is 1.76. The van der Waals surface area contributed by atoms with Gasteiger partial charge in [-0.3, -0.25) is 4.79 Å². The topological polar surface area (TPSA) is 59.8 Å². The molecule has 7 heteroatoms. The summed E-state index contributed by atoms with van der Waals surface area (Å²) in [4.78, 5) is 12.0. The Morgan fingerprint density at radius 3 is 2.60 bits per heavy atom. The molecule has 1 amide bonds. The summed E-state index contributed by atoms with van der Waals surface area (Å²) < 4.78 is 15.6. The number of thioether (sulfide) groups is 1. The highest BCUT2D eigenvalue weighted by Gasteiger charge is 2.15. The van der Waals surface area contributed by atoms with E-state index in [2.05, 4.69) is 15.5 Å². The Labute approximate surface area is 149 Å². The first-order valence-corrected chi connectivity index (χ1v) is 8.71. The lowest BCUT2D eigenvalue weighted by Gasteiger charge is -2.06. The van der Waals surface area contributed by atoms with Crippen molar-refractivity contribution in [3.8, 4) is 11.4 Å². The third kappa shape index (κ3) is 4.24. The molecule has 1 N–H and O–H groups in total. The van der Waals surface area contributed by atoms with Crippen molar-refractivity contribution >= 4 is 17.7 Å². The van der Waals surface area contributed by atoms with Crippen LogP contribution in [0.5, 0.6) is 0 Å². The second kappa shape index (κ2) is 7.94. The summed E-state index contributed by atoms with van der Waals surface area (Å²) in [5.41, 5.74) is 1.43. The number of carbonyl (C=O) groups excluding carboxylic acids is 1. The van der Waals surface area contributed by atoms with Crippen molar-refractivity contribution in [3.05, 3.63) is 66.0 Å². The molecule has 3 aromatic rings. The van der Waals surface area contributed by atoms with E-state index in [4.69, 9.17) is 0 Å². The SMILES string of the molecule is Cn1c(SCC(=O)NCc2ccccc2)nnc1-c1ccccc1F. The van der Waals surface area contributed by atoms with Crippen LogP contribution in [-0.2, 0) is 18.4 Å². The van der Waals surface area contributed by atoms with Gasteiger partial charge in [0.15, 0.2) is 11.0 Å². The molecule has 1 aromatic heterocycles. The molecule has 0 radical (unpaired) electrons. The molecule has 3 rings (SSSR count). The first-order chi connectivity index (χ1) is 12.1. The molecule has 0 saturated heterocycles. The quantitative estimate of drug-likeness (QED) is 0.690. The van der Waals surface area contributed by atoms with Crippen LogP contribution in [0.2, 0.25) is 0 Å². The standard InChI is InChI=1S/C18H17FN4OS/c1-23-17(14-9-5-6-10-15(14)19)21-22-18(23)25-12-16(24)20-11-13-7-3-2-4-8-13/h2-10H,11-12H2,1H3,(H,20,24). The Hall–Kier alpha value is -2.67. The van der Waals surface area contributed by atoms with Gasteiger partial charge in [0.1, 0.15) is 5.82 Å². The summed E-state index contributed by atoms with van der Waals surface area (Å²) in [5, 5.41) is 11.5. The van der Waals surface area contributed by atoms with Crippen LogP contribution in [0.15, 0.2) is 59.8 Å². The molecule has 2 aromatic carbocycles. The number of amides is 1. The Kier molecular flexibility index (Phi) is 5.45. The zero-order valence-electron chi connectivity index (χ0n) is 13.6. The van der Waals surface area contributed by atoms with Crippen LogP contribution in [0.3, 0.4) is 0 Å². The number of hydrogen-bond donors (Lipinski definition) is 1. The lowest BCUT2D eigenvalue weighted by atomic mass is 10.2. The molecule has 0 spiro atoms. The maximum atomic E-state index is 13.9. The van der Waals surface area contributed by atoms with Crippen LogP contribution >= 0.6 is 11.8 Å². The van der Waals surface area contributed by atoms with E-state index in [1.54, 1.807) is 29.8 Å². The number of halogens is 1. The Morgan fingerprint density at radius 2 is 1.84 bits per heavy atom. The van der Waals surface area contributed by atoms with Gasteiger partial charge in [-0.05, 0) is 17.7 Å². The molecule has 0 unspecified atom stereocenters. The van der Waals surface area contributed by atoms with Gasteiger partial charge in [-0.15, -0.1) is 10.2 Å². The van der Waals surface area contributed by atoms with Crippen molar-refractivity contribution in [1.82, 2.24) is 20.1 Å². The number of hydrogen-bond acceptors (Lipinski definition) is 4. The predicted molar refractivity (Wildman–Crippen MR) is 95.4 cm³/mol. The zero-order valence-corrected chi connectivity index (χ0v) is 14.5. The maximum absolute atomic E-state index is 13.9. The zero-order chi connectivity index (χ0) is 17.6. The summed E-state index contributed by atoms with van der Waals surface area (Å²) in [6.45, 7) is 0.486. The van der Waals surface area contributed by atoms with Crippen LogP contribution in [-0.4, -0.2) is 26.4 Å². The Morgan fingerprint density at radius 1 is 1.12 bits per heavy atom. The minimum atomic E-state index is -0.352. The summed E-state index contributed by atoms with van der Waals surface area (Å²) >= 11 is 1.27. The Balaban J connectivity index is 1.59. The highest BCUT2D eigenvalue weighted by molar-refractivity contribution is 7.99. The third-order valence-electron chi connectivity index (χ3n) is 3.61. The molecule has 0 fully saturated rings. The molecule has 1 heterocycles. The summed E-state index contributed by atoms with van der Waals surface area (Å²) in [6.07, 6.45) is 0. The predicted octanol–water partition coefficient (Wildman–Crippen LogP) is 3.03. The van der Waals surface area contributed by atoms with Crippen molar-refractivity contribution in [2.75, 3.05) is 5.75 Å². The van der Waals surface area contributed by atoms with Crippen molar-refractivity contribution in [1.29, 1.82) is 0 Å². The first kappa shape index (κ1) is 17.2. The van der Waals surface area contributed by atoms with Gasteiger partial charge in [-0.25, -0.2) is 4.39 Å². The number of nitrogens with one attached hydrogen (secondary N) is 1. The average molecular weight is 356 g/mol. The first-order valence-electron chi connectivity index (χ1n) is 7.73. The van der Waals surface area contributed by atoms with Crippen molar-refractivity contribution in [3.63, 3.8) is 0 Å². The molecule has 0 aliphatic heterocycles. The highest BCUT2D eigenvalue weighted by Crippen LogP contribution is 2.24. The number of aromatic nitrogens is 3. The van der Waals surface area contributed by atoms with Gasteiger partial charge >= 0.3 is 0 Å². The smallest absolute Gasteiger partial charge is 0.230 e. The van der Waals surface area contributed by atoms with Gasteiger partial charge in [0.25, 0.3) is 0 Å². The fourth-order valence-electron chi connectivity index (χ4n) is 2.30. The van der Waals surface area contributed by atoms with Gasteiger partial charge in [0.2, 0.25) is 5.91 Å². The van der Waals surface area contributed by atoms with Crippen molar-refractivity contribution < 1.29 is 9.18 Å². The van der Waals surface area contributed by atoms with Crippen molar-refractivity contribution in [2.45, 2.75) is 11.7 Å². The second-order valence-electron chi connectivity index (χ2n) is 5.40. The van der Waals surface area contributed by atoms with Crippen molar-refractivity contribution in [2.24, 2.45) is 7.05 Å². The molecule has 0 atom stereocenters. The van der Waals surface area contributed by atoms with Crippen LogP contribution in [0.4, 0.5) is 4.39 Å². The molecular formula is C18H17FN4OS. The largest absolute Gasteiger partial charge is 0.351 e. The fraction of sp³-hybridized carbons (Fsp3) is 0.167. The second-order valence-corrected chi connectivity index (χ2v) is 6.34. The maximum Gasteiger partial charge on any atom is 0.230 e. The molecule has 0 aliphatic rings. The normalized spacial score (nSPS) is 10.6. The van der Waals surface area contributed by atoms with Gasteiger partial charge in [-0.2, -0.15) is 0 Å².